The average Bonchev–Trinajstić information content (AvgIpc) is 2.44. The van der Waals surface area contributed by atoms with E-state index < -0.39 is 48.7 Å². The number of phenols is 1. The smallest absolute Gasteiger partial charge is 0.338 e. The summed E-state index contributed by atoms with van der Waals surface area (Å²) in [5.41, 5.74) is -2.21. The number of aliphatic carboxylic acids is 1. The molecule has 4 atom stereocenters. The third-order valence-corrected chi connectivity index (χ3v) is 3.62. The van der Waals surface area contributed by atoms with Gasteiger partial charge in [0.1, 0.15) is 18.0 Å². The molecule has 0 radical (unpaired) electrons. The van der Waals surface area contributed by atoms with E-state index in [-0.39, 0.29) is 11.3 Å². The SMILES string of the molecule is O=C(OC1CC(O)(C(=O)O)CC(O)C1O)c1ccc(O)cc1. The summed E-state index contributed by atoms with van der Waals surface area (Å²) >= 11 is 0. The van der Waals surface area contributed by atoms with Crippen LogP contribution in [-0.4, -0.2) is 61.4 Å². The topological polar surface area (TPSA) is 145 Å². The number of benzene rings is 1. The Morgan fingerprint density at radius 1 is 1.14 bits per heavy atom. The van der Waals surface area contributed by atoms with Gasteiger partial charge in [-0.3, -0.25) is 0 Å². The molecule has 4 unspecified atom stereocenters. The monoisotopic (exact) mass is 312 g/mol. The van der Waals surface area contributed by atoms with E-state index in [1.54, 1.807) is 0 Å². The number of aliphatic hydroxyl groups excluding tert-OH is 2. The third-order valence-electron chi connectivity index (χ3n) is 3.62. The van der Waals surface area contributed by atoms with Crippen LogP contribution < -0.4 is 0 Å². The number of carboxylic acid groups (broad SMARTS) is 1. The molecule has 2 rings (SSSR count). The van der Waals surface area contributed by atoms with Gasteiger partial charge in [0.15, 0.2) is 5.60 Å². The lowest BCUT2D eigenvalue weighted by atomic mass is 9.79. The van der Waals surface area contributed by atoms with E-state index in [2.05, 4.69) is 0 Å². The Kier molecular flexibility index (Phi) is 4.36. The Bertz CT molecular complexity index is 569. The van der Waals surface area contributed by atoms with E-state index in [9.17, 15) is 24.9 Å². The molecular formula is C14H16O8. The van der Waals surface area contributed by atoms with Gasteiger partial charge in [0.05, 0.1) is 11.7 Å². The fourth-order valence-corrected chi connectivity index (χ4v) is 2.34. The number of carbonyl (C=O) groups is 2. The standard InChI is InChI=1S/C14H16O8/c15-8-3-1-7(2-4-8)12(18)22-10-6-14(21,13(19)20)5-9(16)11(10)17/h1-4,9-11,15-17,21H,5-6H2,(H,19,20). The van der Waals surface area contributed by atoms with Crippen LogP contribution in [0.4, 0.5) is 0 Å². The predicted molar refractivity (Wildman–Crippen MR) is 71.1 cm³/mol. The van der Waals surface area contributed by atoms with E-state index in [4.69, 9.17) is 14.9 Å². The molecule has 1 aromatic carbocycles. The van der Waals surface area contributed by atoms with Gasteiger partial charge < -0.3 is 30.3 Å². The van der Waals surface area contributed by atoms with Crippen molar-refractivity contribution in [1.82, 2.24) is 0 Å². The number of phenolic OH excluding ortho intramolecular Hbond substituents is 1. The van der Waals surface area contributed by atoms with Crippen LogP contribution in [0.15, 0.2) is 24.3 Å². The minimum Gasteiger partial charge on any atom is -0.508 e. The molecule has 0 spiro atoms. The van der Waals surface area contributed by atoms with Gasteiger partial charge in [-0.15, -0.1) is 0 Å². The van der Waals surface area contributed by atoms with Gasteiger partial charge in [-0.05, 0) is 24.3 Å². The molecule has 1 aliphatic carbocycles. The van der Waals surface area contributed by atoms with Gasteiger partial charge in [0.25, 0.3) is 0 Å². The Morgan fingerprint density at radius 2 is 1.73 bits per heavy atom. The predicted octanol–water partition coefficient (Wildman–Crippen LogP) is -0.751. The maximum absolute atomic E-state index is 11.9. The Hall–Kier alpha value is -2.16. The molecule has 8 heteroatoms. The normalized spacial score (nSPS) is 31.5. The quantitative estimate of drug-likeness (QED) is 0.458. The van der Waals surface area contributed by atoms with Crippen molar-refractivity contribution in [3.63, 3.8) is 0 Å². The molecule has 1 saturated carbocycles. The molecule has 1 fully saturated rings. The van der Waals surface area contributed by atoms with Gasteiger partial charge >= 0.3 is 11.9 Å². The number of carboxylic acids is 1. The number of esters is 1. The number of hydrogen-bond acceptors (Lipinski definition) is 7. The highest BCUT2D eigenvalue weighted by Crippen LogP contribution is 2.31. The zero-order valence-corrected chi connectivity index (χ0v) is 11.4. The highest BCUT2D eigenvalue weighted by molar-refractivity contribution is 5.89. The van der Waals surface area contributed by atoms with Crippen molar-refractivity contribution in [3.05, 3.63) is 29.8 Å². The molecule has 120 valence electrons. The molecule has 1 aromatic rings. The molecular weight excluding hydrogens is 296 g/mol. The van der Waals surface area contributed by atoms with Crippen molar-refractivity contribution in [1.29, 1.82) is 0 Å². The summed E-state index contributed by atoms with van der Waals surface area (Å²) in [6.07, 6.45) is -5.50. The lowest BCUT2D eigenvalue weighted by Gasteiger charge is -2.39. The number of aliphatic hydroxyl groups is 3. The highest BCUT2D eigenvalue weighted by atomic mass is 16.6. The second kappa shape index (κ2) is 5.91. The van der Waals surface area contributed by atoms with Crippen molar-refractivity contribution in [3.8, 4) is 5.75 Å². The van der Waals surface area contributed by atoms with Gasteiger partial charge in [-0.2, -0.15) is 0 Å². The fraction of sp³-hybridized carbons (Fsp3) is 0.429. The van der Waals surface area contributed by atoms with Crippen molar-refractivity contribution in [2.24, 2.45) is 0 Å². The zero-order chi connectivity index (χ0) is 16.5. The van der Waals surface area contributed by atoms with Crippen LogP contribution in [0.3, 0.4) is 0 Å². The Morgan fingerprint density at radius 3 is 2.27 bits per heavy atom. The Balaban J connectivity index is 2.14. The molecule has 0 bridgehead atoms. The molecule has 5 N–H and O–H groups in total. The van der Waals surface area contributed by atoms with Crippen LogP contribution in [-0.2, 0) is 9.53 Å². The molecule has 8 nitrogen and oxygen atoms in total. The van der Waals surface area contributed by atoms with E-state index >= 15 is 0 Å². The summed E-state index contributed by atoms with van der Waals surface area (Å²) in [6.45, 7) is 0. The van der Waals surface area contributed by atoms with E-state index in [0.717, 1.165) is 0 Å². The lowest BCUT2D eigenvalue weighted by Crippen LogP contribution is -2.57. The second-order valence-electron chi connectivity index (χ2n) is 5.29. The maximum atomic E-state index is 11.9. The first-order valence-electron chi connectivity index (χ1n) is 6.55. The molecule has 0 saturated heterocycles. The summed E-state index contributed by atoms with van der Waals surface area (Å²) in [7, 11) is 0. The first-order valence-corrected chi connectivity index (χ1v) is 6.55. The number of hydrogen-bond donors (Lipinski definition) is 5. The molecule has 0 heterocycles. The molecule has 22 heavy (non-hydrogen) atoms. The van der Waals surface area contributed by atoms with Crippen LogP contribution in [0.5, 0.6) is 5.75 Å². The fourth-order valence-electron chi connectivity index (χ4n) is 2.34. The number of rotatable bonds is 3. The van der Waals surface area contributed by atoms with Gasteiger partial charge in [0.2, 0.25) is 0 Å². The summed E-state index contributed by atoms with van der Waals surface area (Å²) in [5, 5.41) is 47.5. The molecule has 0 amide bonds. The average molecular weight is 312 g/mol. The third kappa shape index (κ3) is 3.19. The summed E-state index contributed by atoms with van der Waals surface area (Å²) < 4.78 is 4.99. The van der Waals surface area contributed by atoms with Gasteiger partial charge in [-0.1, -0.05) is 0 Å². The van der Waals surface area contributed by atoms with Crippen LogP contribution in [0.25, 0.3) is 0 Å². The minimum absolute atomic E-state index is 0.0510. The second-order valence-corrected chi connectivity index (χ2v) is 5.29. The number of carbonyl (C=O) groups excluding carboxylic acids is 1. The van der Waals surface area contributed by atoms with E-state index in [1.165, 1.54) is 24.3 Å². The summed E-state index contributed by atoms with van der Waals surface area (Å²) in [4.78, 5) is 23.0. The summed E-state index contributed by atoms with van der Waals surface area (Å²) in [6, 6.07) is 5.09. The lowest BCUT2D eigenvalue weighted by molar-refractivity contribution is -0.187. The number of ether oxygens (including phenoxy) is 1. The number of aromatic hydroxyl groups is 1. The van der Waals surface area contributed by atoms with Crippen molar-refractivity contribution in [2.75, 3.05) is 0 Å². The van der Waals surface area contributed by atoms with Crippen LogP contribution >= 0.6 is 0 Å². The van der Waals surface area contributed by atoms with Gasteiger partial charge in [-0.25, -0.2) is 9.59 Å². The first-order chi connectivity index (χ1) is 10.2. The van der Waals surface area contributed by atoms with Crippen molar-refractivity contribution < 1.29 is 39.9 Å². The zero-order valence-electron chi connectivity index (χ0n) is 11.4. The van der Waals surface area contributed by atoms with Crippen molar-refractivity contribution in [2.45, 2.75) is 36.8 Å². The van der Waals surface area contributed by atoms with Crippen LogP contribution in [0, 0.1) is 0 Å². The van der Waals surface area contributed by atoms with E-state index in [1.807, 2.05) is 0 Å². The van der Waals surface area contributed by atoms with Crippen molar-refractivity contribution >= 4 is 11.9 Å². The summed E-state index contributed by atoms with van der Waals surface area (Å²) in [5.74, 6) is -2.49. The largest absolute Gasteiger partial charge is 0.508 e. The first kappa shape index (κ1) is 16.2. The maximum Gasteiger partial charge on any atom is 0.338 e. The van der Waals surface area contributed by atoms with Crippen LogP contribution in [0.1, 0.15) is 23.2 Å². The molecule has 0 aliphatic heterocycles. The Labute approximate surface area is 125 Å². The molecule has 0 aromatic heterocycles. The highest BCUT2D eigenvalue weighted by Gasteiger charge is 2.50. The van der Waals surface area contributed by atoms with Crippen LogP contribution in [0.2, 0.25) is 0 Å². The van der Waals surface area contributed by atoms with Gasteiger partial charge in [0, 0.05) is 12.8 Å². The minimum atomic E-state index is -2.28. The van der Waals surface area contributed by atoms with E-state index in [0.29, 0.717) is 0 Å². The molecule has 1 aliphatic rings.